The zero-order chi connectivity index (χ0) is 17.4. The summed E-state index contributed by atoms with van der Waals surface area (Å²) in [6.07, 6.45) is 1.72. The number of nitrogens with zero attached hydrogens (tertiary/aromatic N) is 1. The molecule has 0 aliphatic heterocycles. The molecular weight excluding hydrogens is 386 g/mol. The van der Waals surface area contributed by atoms with Gasteiger partial charge in [-0.3, -0.25) is 4.79 Å². The van der Waals surface area contributed by atoms with Crippen molar-refractivity contribution < 1.29 is 4.79 Å². The molecule has 1 amide bonds. The summed E-state index contributed by atoms with van der Waals surface area (Å²) in [5.74, 6) is 0.342. The molecule has 0 spiro atoms. The summed E-state index contributed by atoms with van der Waals surface area (Å²) in [5.41, 5.74) is 9.39. The van der Waals surface area contributed by atoms with Gasteiger partial charge in [-0.2, -0.15) is 0 Å². The molecule has 0 bridgehead atoms. The van der Waals surface area contributed by atoms with Crippen LogP contribution in [0, 0.1) is 6.92 Å². The molecule has 0 atom stereocenters. The summed E-state index contributed by atoms with van der Waals surface area (Å²) >= 11 is 5.32. The van der Waals surface area contributed by atoms with E-state index >= 15 is 0 Å². The first-order valence-corrected chi connectivity index (χ1v) is 8.89. The first-order chi connectivity index (χ1) is 11.4. The van der Waals surface area contributed by atoms with Crippen LogP contribution in [0.5, 0.6) is 0 Å². The van der Waals surface area contributed by atoms with E-state index in [-0.39, 0.29) is 5.91 Å². The van der Waals surface area contributed by atoms with Gasteiger partial charge < -0.3 is 11.1 Å². The largest absolute Gasteiger partial charge is 0.383 e. The molecule has 2 heterocycles. The van der Waals surface area contributed by atoms with Crippen LogP contribution in [-0.4, -0.2) is 10.9 Å². The molecule has 6 heteroatoms. The highest BCUT2D eigenvalue weighted by atomic mass is 79.9. The minimum absolute atomic E-state index is 0.177. The Morgan fingerprint density at radius 1 is 1.38 bits per heavy atom. The first-order valence-electron chi connectivity index (χ1n) is 7.29. The average molecular weight is 402 g/mol. The lowest BCUT2D eigenvalue weighted by Gasteiger charge is -2.09. The topological polar surface area (TPSA) is 68.0 Å². The molecule has 1 aromatic carbocycles. The number of amides is 1. The van der Waals surface area contributed by atoms with E-state index in [2.05, 4.69) is 32.8 Å². The molecule has 3 aromatic rings. The third kappa shape index (κ3) is 2.95. The van der Waals surface area contributed by atoms with Crippen molar-refractivity contribution in [1.82, 2.24) is 4.98 Å². The molecular formula is C18H16BrN3OS. The highest BCUT2D eigenvalue weighted by molar-refractivity contribution is 9.10. The normalized spacial score (nSPS) is 10.8. The SMILES string of the molecule is C=C(C)C(=O)Nc1ccc(-c2sc3ccnc(N)c3c2Br)c(C)c1. The molecule has 0 fully saturated rings. The molecule has 2 aromatic heterocycles. The summed E-state index contributed by atoms with van der Waals surface area (Å²) in [7, 11) is 0. The fraction of sp³-hybridized carbons (Fsp3) is 0.111. The highest BCUT2D eigenvalue weighted by Gasteiger charge is 2.16. The number of carbonyl (C=O) groups is 1. The van der Waals surface area contributed by atoms with Crippen LogP contribution in [0.4, 0.5) is 11.5 Å². The number of hydrogen-bond acceptors (Lipinski definition) is 4. The molecule has 0 radical (unpaired) electrons. The van der Waals surface area contributed by atoms with E-state index < -0.39 is 0 Å². The lowest BCUT2D eigenvalue weighted by molar-refractivity contribution is -0.112. The fourth-order valence-electron chi connectivity index (χ4n) is 2.44. The number of nitrogen functional groups attached to an aromatic ring is 1. The number of nitrogens with two attached hydrogens (primary N) is 1. The van der Waals surface area contributed by atoms with Crippen LogP contribution >= 0.6 is 27.3 Å². The van der Waals surface area contributed by atoms with E-state index in [4.69, 9.17) is 5.73 Å². The van der Waals surface area contributed by atoms with Crippen molar-refractivity contribution in [3.63, 3.8) is 0 Å². The molecule has 0 aliphatic rings. The fourth-order valence-corrected chi connectivity index (χ4v) is 4.63. The molecule has 0 saturated carbocycles. The van der Waals surface area contributed by atoms with Gasteiger partial charge in [0.2, 0.25) is 0 Å². The predicted molar refractivity (Wildman–Crippen MR) is 105 cm³/mol. The van der Waals surface area contributed by atoms with Gasteiger partial charge in [-0.15, -0.1) is 11.3 Å². The van der Waals surface area contributed by atoms with Crippen molar-refractivity contribution in [2.75, 3.05) is 11.1 Å². The second-order valence-corrected chi connectivity index (χ2v) is 7.42. The molecule has 3 rings (SSSR count). The smallest absolute Gasteiger partial charge is 0.250 e. The zero-order valence-electron chi connectivity index (χ0n) is 13.3. The Morgan fingerprint density at radius 2 is 2.12 bits per heavy atom. The van der Waals surface area contributed by atoms with Crippen molar-refractivity contribution in [3.05, 3.63) is 52.7 Å². The van der Waals surface area contributed by atoms with Crippen LogP contribution in [0.15, 0.2) is 47.1 Å². The van der Waals surface area contributed by atoms with Crippen LogP contribution in [0.2, 0.25) is 0 Å². The van der Waals surface area contributed by atoms with Crippen molar-refractivity contribution in [3.8, 4) is 10.4 Å². The van der Waals surface area contributed by atoms with Crippen molar-refractivity contribution in [2.24, 2.45) is 0 Å². The van der Waals surface area contributed by atoms with Gasteiger partial charge in [-0.05, 0) is 59.1 Å². The lowest BCUT2D eigenvalue weighted by atomic mass is 10.1. The van der Waals surface area contributed by atoms with Gasteiger partial charge in [0.15, 0.2) is 0 Å². The van der Waals surface area contributed by atoms with Crippen LogP contribution in [0.3, 0.4) is 0 Å². The average Bonchev–Trinajstić information content (AvgIpc) is 2.85. The number of fused-ring (bicyclic) bond motifs is 1. The number of nitrogens with one attached hydrogen (secondary N) is 1. The number of hydrogen-bond donors (Lipinski definition) is 2. The lowest BCUT2D eigenvalue weighted by Crippen LogP contribution is -2.11. The Balaban J connectivity index is 2.05. The molecule has 0 aliphatic carbocycles. The third-order valence-corrected chi connectivity index (χ3v) is 5.93. The Morgan fingerprint density at radius 3 is 2.75 bits per heavy atom. The summed E-state index contributed by atoms with van der Waals surface area (Å²) in [6, 6.07) is 7.81. The minimum atomic E-state index is -0.177. The highest BCUT2D eigenvalue weighted by Crippen LogP contribution is 2.45. The van der Waals surface area contributed by atoms with E-state index in [9.17, 15) is 4.79 Å². The number of thiophene rings is 1. The second kappa shape index (κ2) is 6.37. The Hall–Kier alpha value is -2.18. The molecule has 24 heavy (non-hydrogen) atoms. The van der Waals surface area contributed by atoms with Gasteiger partial charge in [0.1, 0.15) is 5.82 Å². The Kier molecular flexibility index (Phi) is 4.43. The van der Waals surface area contributed by atoms with Crippen LogP contribution in [0.1, 0.15) is 12.5 Å². The van der Waals surface area contributed by atoms with Crippen LogP contribution in [0.25, 0.3) is 20.5 Å². The molecule has 3 N–H and O–H groups in total. The van der Waals surface area contributed by atoms with Gasteiger partial charge in [0.05, 0.1) is 4.88 Å². The first kappa shape index (κ1) is 16.7. The summed E-state index contributed by atoms with van der Waals surface area (Å²) in [6.45, 7) is 7.35. The van der Waals surface area contributed by atoms with Gasteiger partial charge in [-0.25, -0.2) is 4.98 Å². The maximum absolute atomic E-state index is 11.8. The third-order valence-electron chi connectivity index (χ3n) is 3.69. The van der Waals surface area contributed by atoms with E-state index in [1.807, 2.05) is 31.2 Å². The van der Waals surface area contributed by atoms with Gasteiger partial charge in [0, 0.05) is 32.0 Å². The Labute approximate surface area is 152 Å². The van der Waals surface area contributed by atoms with E-state index in [0.29, 0.717) is 11.4 Å². The quantitative estimate of drug-likeness (QED) is 0.597. The maximum atomic E-state index is 11.8. The van der Waals surface area contributed by atoms with E-state index in [1.165, 1.54) is 0 Å². The van der Waals surface area contributed by atoms with Gasteiger partial charge in [0.25, 0.3) is 5.91 Å². The molecule has 122 valence electrons. The van der Waals surface area contributed by atoms with Crippen molar-refractivity contribution in [1.29, 1.82) is 0 Å². The van der Waals surface area contributed by atoms with Crippen LogP contribution < -0.4 is 11.1 Å². The van der Waals surface area contributed by atoms with Gasteiger partial charge in [-0.1, -0.05) is 12.6 Å². The Bertz CT molecular complexity index is 978. The maximum Gasteiger partial charge on any atom is 0.250 e. The standard InChI is InChI=1S/C18H16BrN3OS/c1-9(2)18(23)22-11-4-5-12(10(3)8-11)16-15(19)14-13(24-16)6-7-21-17(14)20/h4-8H,1H2,2-3H3,(H2,20,21)(H,22,23). The number of aryl methyl sites for hydroxylation is 1. The second-order valence-electron chi connectivity index (χ2n) is 5.58. The number of rotatable bonds is 3. The molecule has 0 unspecified atom stereocenters. The number of carbonyl (C=O) groups excluding carboxylic acids is 1. The van der Waals surface area contributed by atoms with E-state index in [0.717, 1.165) is 36.3 Å². The number of pyridine rings is 1. The monoisotopic (exact) mass is 401 g/mol. The van der Waals surface area contributed by atoms with E-state index in [1.54, 1.807) is 24.5 Å². The summed E-state index contributed by atoms with van der Waals surface area (Å²) in [5, 5.41) is 3.78. The molecule has 4 nitrogen and oxygen atoms in total. The zero-order valence-corrected chi connectivity index (χ0v) is 15.7. The summed E-state index contributed by atoms with van der Waals surface area (Å²) < 4.78 is 2.04. The van der Waals surface area contributed by atoms with Crippen LogP contribution in [-0.2, 0) is 4.79 Å². The number of benzene rings is 1. The predicted octanol–water partition coefficient (Wildman–Crippen LogP) is 5.13. The summed E-state index contributed by atoms with van der Waals surface area (Å²) in [4.78, 5) is 17.0. The number of halogens is 1. The number of anilines is 2. The number of aromatic nitrogens is 1. The van der Waals surface area contributed by atoms with Crippen molar-refractivity contribution in [2.45, 2.75) is 13.8 Å². The minimum Gasteiger partial charge on any atom is -0.383 e. The molecule has 0 saturated heterocycles. The van der Waals surface area contributed by atoms with Crippen molar-refractivity contribution >= 4 is 54.8 Å². The van der Waals surface area contributed by atoms with Gasteiger partial charge >= 0.3 is 0 Å².